The molecular weight excluding hydrogens is 240 g/mol. The van der Waals surface area contributed by atoms with Gasteiger partial charge in [0.25, 0.3) is 0 Å². The number of nitrogens with one attached hydrogen (secondary N) is 2. The molecule has 0 aliphatic heterocycles. The number of carbonyl (C=O) groups excluding carboxylic acids is 2. The lowest BCUT2D eigenvalue weighted by Gasteiger charge is -2.17. The van der Waals surface area contributed by atoms with Crippen LogP contribution in [0.5, 0.6) is 0 Å². The lowest BCUT2D eigenvalue weighted by molar-refractivity contribution is -0.127. The van der Waals surface area contributed by atoms with Gasteiger partial charge in [0.2, 0.25) is 11.8 Å². The SMILES string of the molecule is C=CC(=O)NC(Cc1ccccc1)C(=O)NC1CC1. The number of hydrogen-bond donors (Lipinski definition) is 2. The van der Waals surface area contributed by atoms with Crippen LogP contribution in [0, 0.1) is 0 Å². The highest BCUT2D eigenvalue weighted by molar-refractivity contribution is 5.92. The Morgan fingerprint density at radius 3 is 2.58 bits per heavy atom. The van der Waals surface area contributed by atoms with Crippen molar-refractivity contribution in [3.05, 3.63) is 48.6 Å². The number of rotatable bonds is 6. The van der Waals surface area contributed by atoms with Crippen LogP contribution in [0.15, 0.2) is 43.0 Å². The fraction of sp³-hybridized carbons (Fsp3) is 0.333. The fourth-order valence-corrected chi connectivity index (χ4v) is 1.82. The molecular formula is C15H18N2O2. The summed E-state index contributed by atoms with van der Waals surface area (Å²) in [6.07, 6.45) is 3.72. The van der Waals surface area contributed by atoms with Crippen LogP contribution in [0.2, 0.25) is 0 Å². The Morgan fingerprint density at radius 2 is 2.00 bits per heavy atom. The molecule has 1 aromatic carbocycles. The minimum absolute atomic E-state index is 0.124. The minimum Gasteiger partial charge on any atom is -0.352 e. The van der Waals surface area contributed by atoms with Gasteiger partial charge in [-0.2, -0.15) is 0 Å². The van der Waals surface area contributed by atoms with E-state index in [1.807, 2.05) is 30.3 Å². The van der Waals surface area contributed by atoms with Crippen molar-refractivity contribution >= 4 is 11.8 Å². The average Bonchev–Trinajstić information content (AvgIpc) is 3.23. The lowest BCUT2D eigenvalue weighted by Crippen LogP contribution is -2.48. The molecule has 1 atom stereocenters. The molecule has 0 aromatic heterocycles. The van der Waals surface area contributed by atoms with Crippen LogP contribution in [0.4, 0.5) is 0 Å². The van der Waals surface area contributed by atoms with Gasteiger partial charge in [-0.15, -0.1) is 0 Å². The molecule has 4 nitrogen and oxygen atoms in total. The summed E-state index contributed by atoms with van der Waals surface area (Å²) in [6.45, 7) is 3.41. The molecule has 0 bridgehead atoms. The second kappa shape index (κ2) is 6.18. The lowest BCUT2D eigenvalue weighted by atomic mass is 10.1. The molecule has 2 rings (SSSR count). The molecule has 2 amide bonds. The van der Waals surface area contributed by atoms with Crippen LogP contribution in [0.1, 0.15) is 18.4 Å². The van der Waals surface area contributed by atoms with Gasteiger partial charge in [0, 0.05) is 12.5 Å². The summed E-state index contributed by atoms with van der Waals surface area (Å²) in [5.74, 6) is -0.451. The third kappa shape index (κ3) is 4.25. The molecule has 1 aliphatic carbocycles. The van der Waals surface area contributed by atoms with Crippen LogP contribution in [-0.2, 0) is 16.0 Å². The van der Waals surface area contributed by atoms with E-state index in [0.29, 0.717) is 6.42 Å². The standard InChI is InChI=1S/C15H18N2O2/c1-2-14(18)17-13(15(19)16-12-8-9-12)10-11-6-4-3-5-7-11/h2-7,12-13H,1,8-10H2,(H,16,19)(H,17,18). The minimum atomic E-state index is -0.548. The predicted molar refractivity (Wildman–Crippen MR) is 73.4 cm³/mol. The van der Waals surface area contributed by atoms with Crippen molar-refractivity contribution in [1.29, 1.82) is 0 Å². The molecule has 1 unspecified atom stereocenters. The van der Waals surface area contributed by atoms with Crippen molar-refractivity contribution in [3.8, 4) is 0 Å². The molecule has 2 N–H and O–H groups in total. The van der Waals surface area contributed by atoms with E-state index in [1.54, 1.807) is 0 Å². The molecule has 1 aliphatic rings. The normalized spacial score (nSPS) is 15.4. The Hall–Kier alpha value is -2.10. The summed E-state index contributed by atoms with van der Waals surface area (Å²) in [5, 5.41) is 5.59. The van der Waals surface area contributed by atoms with Crippen molar-refractivity contribution in [2.45, 2.75) is 31.3 Å². The Morgan fingerprint density at radius 1 is 1.32 bits per heavy atom. The van der Waals surface area contributed by atoms with Crippen molar-refractivity contribution in [1.82, 2.24) is 10.6 Å². The Kier molecular flexibility index (Phi) is 4.34. The number of hydrogen-bond acceptors (Lipinski definition) is 2. The van der Waals surface area contributed by atoms with Crippen molar-refractivity contribution in [2.75, 3.05) is 0 Å². The molecule has 0 radical (unpaired) electrons. The highest BCUT2D eigenvalue weighted by Crippen LogP contribution is 2.19. The average molecular weight is 258 g/mol. The second-order valence-electron chi connectivity index (χ2n) is 4.74. The van der Waals surface area contributed by atoms with E-state index >= 15 is 0 Å². The van der Waals surface area contributed by atoms with Crippen LogP contribution in [-0.4, -0.2) is 23.9 Å². The van der Waals surface area contributed by atoms with Gasteiger partial charge >= 0.3 is 0 Å². The number of amides is 2. The van der Waals surface area contributed by atoms with Gasteiger partial charge in [-0.05, 0) is 24.5 Å². The molecule has 4 heteroatoms. The second-order valence-corrected chi connectivity index (χ2v) is 4.74. The monoisotopic (exact) mass is 258 g/mol. The zero-order valence-electron chi connectivity index (χ0n) is 10.8. The molecule has 1 fully saturated rings. The summed E-state index contributed by atoms with van der Waals surface area (Å²) in [4.78, 5) is 23.5. The highest BCUT2D eigenvalue weighted by atomic mass is 16.2. The molecule has 0 spiro atoms. The topological polar surface area (TPSA) is 58.2 Å². The molecule has 1 saturated carbocycles. The van der Waals surface area contributed by atoms with E-state index in [1.165, 1.54) is 6.08 Å². The maximum atomic E-state index is 12.1. The smallest absolute Gasteiger partial charge is 0.244 e. The quantitative estimate of drug-likeness (QED) is 0.753. The van der Waals surface area contributed by atoms with Gasteiger partial charge in [-0.3, -0.25) is 9.59 Å². The number of benzene rings is 1. The third-order valence-electron chi connectivity index (χ3n) is 3.02. The van der Waals surface area contributed by atoms with E-state index in [2.05, 4.69) is 17.2 Å². The van der Waals surface area contributed by atoms with Crippen LogP contribution >= 0.6 is 0 Å². The predicted octanol–water partition coefficient (Wildman–Crippen LogP) is 1.18. The Labute approximate surface area is 112 Å². The van der Waals surface area contributed by atoms with Gasteiger partial charge in [0.05, 0.1) is 0 Å². The molecule has 0 saturated heterocycles. The summed E-state index contributed by atoms with van der Waals surface area (Å²) in [6, 6.07) is 9.38. The summed E-state index contributed by atoms with van der Waals surface area (Å²) in [7, 11) is 0. The first kappa shape index (κ1) is 13.3. The zero-order valence-corrected chi connectivity index (χ0v) is 10.8. The van der Waals surface area contributed by atoms with Gasteiger partial charge in [0.15, 0.2) is 0 Å². The maximum Gasteiger partial charge on any atom is 0.244 e. The van der Waals surface area contributed by atoms with E-state index in [0.717, 1.165) is 18.4 Å². The Bertz CT molecular complexity index is 466. The van der Waals surface area contributed by atoms with Crippen molar-refractivity contribution in [2.24, 2.45) is 0 Å². The molecule has 0 heterocycles. The van der Waals surface area contributed by atoms with E-state index in [-0.39, 0.29) is 17.9 Å². The molecule has 19 heavy (non-hydrogen) atoms. The van der Waals surface area contributed by atoms with Crippen LogP contribution < -0.4 is 10.6 Å². The van der Waals surface area contributed by atoms with Crippen molar-refractivity contribution < 1.29 is 9.59 Å². The molecule has 1 aromatic rings. The highest BCUT2D eigenvalue weighted by Gasteiger charge is 2.28. The number of carbonyl (C=O) groups is 2. The van der Waals surface area contributed by atoms with Gasteiger partial charge in [-0.1, -0.05) is 36.9 Å². The first-order chi connectivity index (χ1) is 9.19. The van der Waals surface area contributed by atoms with Crippen LogP contribution in [0.25, 0.3) is 0 Å². The molecule has 100 valence electrons. The zero-order chi connectivity index (χ0) is 13.7. The van der Waals surface area contributed by atoms with E-state index in [9.17, 15) is 9.59 Å². The van der Waals surface area contributed by atoms with E-state index in [4.69, 9.17) is 0 Å². The summed E-state index contributed by atoms with van der Waals surface area (Å²) < 4.78 is 0. The van der Waals surface area contributed by atoms with Crippen LogP contribution in [0.3, 0.4) is 0 Å². The van der Waals surface area contributed by atoms with Gasteiger partial charge in [0.1, 0.15) is 6.04 Å². The fourth-order valence-electron chi connectivity index (χ4n) is 1.82. The first-order valence-electron chi connectivity index (χ1n) is 6.46. The first-order valence-corrected chi connectivity index (χ1v) is 6.46. The Balaban J connectivity index is 2.01. The summed E-state index contributed by atoms with van der Waals surface area (Å²) in [5.41, 5.74) is 1.02. The van der Waals surface area contributed by atoms with E-state index < -0.39 is 6.04 Å². The van der Waals surface area contributed by atoms with Gasteiger partial charge < -0.3 is 10.6 Å². The van der Waals surface area contributed by atoms with Gasteiger partial charge in [-0.25, -0.2) is 0 Å². The van der Waals surface area contributed by atoms with Crippen molar-refractivity contribution in [3.63, 3.8) is 0 Å². The third-order valence-corrected chi connectivity index (χ3v) is 3.02. The largest absolute Gasteiger partial charge is 0.352 e. The summed E-state index contributed by atoms with van der Waals surface area (Å²) >= 11 is 0. The maximum absolute atomic E-state index is 12.1.